The normalized spacial score (nSPS) is 16.7. The van der Waals surface area contributed by atoms with Crippen LogP contribution in [0.15, 0.2) is 18.2 Å². The monoisotopic (exact) mass is 262 g/mol. The third-order valence-electron chi connectivity index (χ3n) is 3.60. The molecule has 0 heterocycles. The second-order valence-corrected chi connectivity index (χ2v) is 5.06. The second kappa shape index (κ2) is 6.45. The summed E-state index contributed by atoms with van der Waals surface area (Å²) >= 11 is 0. The Morgan fingerprint density at radius 3 is 2.58 bits per heavy atom. The van der Waals surface area contributed by atoms with E-state index in [1.165, 1.54) is 25.7 Å². The summed E-state index contributed by atoms with van der Waals surface area (Å²) in [6.45, 7) is 0. The van der Waals surface area contributed by atoms with Crippen molar-refractivity contribution < 1.29 is 9.53 Å². The molecule has 1 amide bonds. The Hall–Kier alpha value is -1.71. The molecular weight excluding hydrogens is 240 g/mol. The quantitative estimate of drug-likeness (QED) is 0.650. The Bertz CT molecular complexity index is 438. The Morgan fingerprint density at radius 1 is 1.26 bits per heavy atom. The van der Waals surface area contributed by atoms with Crippen molar-refractivity contribution in [3.8, 4) is 5.75 Å². The van der Waals surface area contributed by atoms with Crippen molar-refractivity contribution in [3.05, 3.63) is 23.8 Å². The fourth-order valence-corrected chi connectivity index (χ4v) is 2.46. The van der Waals surface area contributed by atoms with Crippen molar-refractivity contribution in [2.75, 3.05) is 12.8 Å². The van der Waals surface area contributed by atoms with E-state index < -0.39 is 0 Å². The van der Waals surface area contributed by atoms with Gasteiger partial charge in [0.05, 0.1) is 11.8 Å². The third-order valence-corrected chi connectivity index (χ3v) is 3.60. The number of amides is 1. The molecule has 0 aliphatic heterocycles. The first-order chi connectivity index (χ1) is 9.20. The number of carbonyl (C=O) groups excluding carboxylic acids is 1. The predicted molar refractivity (Wildman–Crippen MR) is 76.4 cm³/mol. The minimum Gasteiger partial charge on any atom is -0.488 e. The highest BCUT2D eigenvalue weighted by Gasteiger charge is 2.16. The van der Waals surface area contributed by atoms with Crippen LogP contribution in [-0.2, 0) is 0 Å². The van der Waals surface area contributed by atoms with Crippen LogP contribution in [0.5, 0.6) is 5.75 Å². The van der Waals surface area contributed by atoms with Gasteiger partial charge in [-0.15, -0.1) is 0 Å². The zero-order chi connectivity index (χ0) is 13.7. The topological polar surface area (TPSA) is 64.4 Å². The molecule has 0 unspecified atom stereocenters. The highest BCUT2D eigenvalue weighted by Crippen LogP contribution is 2.28. The van der Waals surface area contributed by atoms with Gasteiger partial charge in [0.25, 0.3) is 5.91 Å². The van der Waals surface area contributed by atoms with Crippen LogP contribution in [0.3, 0.4) is 0 Å². The molecule has 0 spiro atoms. The Balaban J connectivity index is 2.11. The van der Waals surface area contributed by atoms with Gasteiger partial charge < -0.3 is 15.8 Å². The van der Waals surface area contributed by atoms with E-state index in [9.17, 15) is 4.79 Å². The lowest BCUT2D eigenvalue weighted by molar-refractivity contribution is 0.0962. The zero-order valence-electron chi connectivity index (χ0n) is 11.4. The van der Waals surface area contributed by atoms with Gasteiger partial charge in [-0.25, -0.2) is 0 Å². The number of anilines is 1. The minimum atomic E-state index is -0.120. The molecule has 2 rings (SSSR count). The number of nitrogens with two attached hydrogens (primary N) is 1. The van der Waals surface area contributed by atoms with E-state index in [-0.39, 0.29) is 12.0 Å². The number of hydrogen-bond donors (Lipinski definition) is 2. The fourth-order valence-electron chi connectivity index (χ4n) is 2.46. The first-order valence-corrected chi connectivity index (χ1v) is 6.99. The van der Waals surface area contributed by atoms with E-state index in [1.807, 2.05) is 0 Å². The maximum Gasteiger partial charge on any atom is 0.251 e. The summed E-state index contributed by atoms with van der Waals surface area (Å²) in [5.41, 5.74) is 7.11. The van der Waals surface area contributed by atoms with Crippen molar-refractivity contribution >= 4 is 11.6 Å². The average Bonchev–Trinajstić information content (AvgIpc) is 2.69. The molecule has 1 aromatic carbocycles. The smallest absolute Gasteiger partial charge is 0.251 e. The molecule has 1 saturated carbocycles. The number of nitrogen functional groups attached to an aromatic ring is 1. The molecule has 4 nitrogen and oxygen atoms in total. The van der Waals surface area contributed by atoms with Gasteiger partial charge in [-0.3, -0.25) is 4.79 Å². The van der Waals surface area contributed by atoms with Crippen molar-refractivity contribution in [1.29, 1.82) is 0 Å². The molecule has 0 saturated heterocycles. The standard InChI is InChI=1S/C15H22N2O2/c1-17-15(18)11-8-9-13(16)14(10-11)19-12-6-4-2-3-5-7-12/h8-10,12H,2-7,16H2,1H3,(H,17,18). The minimum absolute atomic E-state index is 0.120. The van der Waals surface area contributed by atoms with Gasteiger partial charge in [0.1, 0.15) is 5.75 Å². The van der Waals surface area contributed by atoms with E-state index in [4.69, 9.17) is 10.5 Å². The predicted octanol–water partition coefficient (Wildman–Crippen LogP) is 2.73. The molecule has 0 atom stereocenters. The molecule has 1 aromatic rings. The highest BCUT2D eigenvalue weighted by atomic mass is 16.5. The molecule has 3 N–H and O–H groups in total. The molecule has 4 heteroatoms. The SMILES string of the molecule is CNC(=O)c1ccc(N)c(OC2CCCCCC2)c1. The summed E-state index contributed by atoms with van der Waals surface area (Å²) in [5.74, 6) is 0.513. The number of ether oxygens (including phenoxy) is 1. The first kappa shape index (κ1) is 13.7. The van der Waals surface area contributed by atoms with Gasteiger partial charge in [-0.2, -0.15) is 0 Å². The van der Waals surface area contributed by atoms with Crippen LogP contribution in [-0.4, -0.2) is 19.1 Å². The summed E-state index contributed by atoms with van der Waals surface area (Å²) in [6.07, 6.45) is 7.36. The molecule has 0 bridgehead atoms. The number of nitrogens with one attached hydrogen (secondary N) is 1. The second-order valence-electron chi connectivity index (χ2n) is 5.06. The molecular formula is C15H22N2O2. The van der Waals surface area contributed by atoms with Crippen LogP contribution in [0.25, 0.3) is 0 Å². The van der Waals surface area contributed by atoms with Gasteiger partial charge in [0.2, 0.25) is 0 Å². The van der Waals surface area contributed by atoms with Gasteiger partial charge in [0, 0.05) is 12.6 Å². The summed E-state index contributed by atoms with van der Waals surface area (Å²) in [7, 11) is 1.62. The first-order valence-electron chi connectivity index (χ1n) is 6.99. The summed E-state index contributed by atoms with van der Waals surface area (Å²) in [4.78, 5) is 11.6. The van der Waals surface area contributed by atoms with E-state index in [0.29, 0.717) is 17.0 Å². The largest absolute Gasteiger partial charge is 0.488 e. The van der Waals surface area contributed by atoms with E-state index >= 15 is 0 Å². The summed E-state index contributed by atoms with van der Waals surface area (Å²) in [5, 5.41) is 2.61. The molecule has 1 aliphatic carbocycles. The molecule has 0 radical (unpaired) electrons. The maximum absolute atomic E-state index is 11.6. The van der Waals surface area contributed by atoms with Crippen molar-refractivity contribution in [2.24, 2.45) is 0 Å². The third kappa shape index (κ3) is 3.63. The van der Waals surface area contributed by atoms with E-state index in [2.05, 4.69) is 5.32 Å². The lowest BCUT2D eigenvalue weighted by Gasteiger charge is -2.18. The van der Waals surface area contributed by atoms with Crippen molar-refractivity contribution in [1.82, 2.24) is 5.32 Å². The molecule has 19 heavy (non-hydrogen) atoms. The number of benzene rings is 1. The summed E-state index contributed by atoms with van der Waals surface area (Å²) in [6, 6.07) is 5.18. The summed E-state index contributed by atoms with van der Waals surface area (Å²) < 4.78 is 6.00. The highest BCUT2D eigenvalue weighted by molar-refractivity contribution is 5.95. The number of carbonyl (C=O) groups is 1. The zero-order valence-corrected chi connectivity index (χ0v) is 11.4. The van der Waals surface area contributed by atoms with Crippen molar-refractivity contribution in [2.45, 2.75) is 44.6 Å². The molecule has 0 aromatic heterocycles. The van der Waals surface area contributed by atoms with Crippen molar-refractivity contribution in [3.63, 3.8) is 0 Å². The molecule has 104 valence electrons. The Kier molecular flexibility index (Phi) is 4.66. The lowest BCUT2D eigenvalue weighted by atomic mass is 10.1. The van der Waals surface area contributed by atoms with Gasteiger partial charge in [0.15, 0.2) is 0 Å². The van der Waals surface area contributed by atoms with E-state index in [0.717, 1.165) is 12.8 Å². The van der Waals surface area contributed by atoms with Gasteiger partial charge in [-0.1, -0.05) is 12.8 Å². The van der Waals surface area contributed by atoms with Crippen LogP contribution in [0, 0.1) is 0 Å². The number of hydrogen-bond acceptors (Lipinski definition) is 3. The maximum atomic E-state index is 11.6. The van der Waals surface area contributed by atoms with Crippen LogP contribution in [0.2, 0.25) is 0 Å². The Morgan fingerprint density at radius 2 is 1.95 bits per heavy atom. The van der Waals surface area contributed by atoms with Gasteiger partial charge >= 0.3 is 0 Å². The van der Waals surface area contributed by atoms with E-state index in [1.54, 1.807) is 25.2 Å². The fraction of sp³-hybridized carbons (Fsp3) is 0.533. The Labute approximate surface area is 114 Å². The average molecular weight is 262 g/mol. The molecule has 1 fully saturated rings. The van der Waals surface area contributed by atoms with Crippen LogP contribution >= 0.6 is 0 Å². The van der Waals surface area contributed by atoms with Crippen LogP contribution in [0.4, 0.5) is 5.69 Å². The van der Waals surface area contributed by atoms with Crippen LogP contribution in [0.1, 0.15) is 48.9 Å². The molecule has 1 aliphatic rings. The number of rotatable bonds is 3. The lowest BCUT2D eigenvalue weighted by Crippen LogP contribution is -2.19. The van der Waals surface area contributed by atoms with Gasteiger partial charge in [-0.05, 0) is 43.9 Å². The van der Waals surface area contributed by atoms with Crippen LogP contribution < -0.4 is 15.8 Å².